The number of amides is 1. The number of carbonyl (C=O) groups is 1. The van der Waals surface area contributed by atoms with Gasteiger partial charge in [-0.1, -0.05) is 54.1 Å². The Labute approximate surface area is 211 Å². The van der Waals surface area contributed by atoms with Crippen LogP contribution in [0, 0.1) is 6.92 Å². The topological polar surface area (TPSA) is 54.5 Å². The smallest absolute Gasteiger partial charge is 0.220 e. The van der Waals surface area contributed by atoms with Crippen LogP contribution in [0.5, 0.6) is 5.88 Å². The minimum atomic E-state index is -0.0516. The molecule has 0 saturated carbocycles. The lowest BCUT2D eigenvalue weighted by Gasteiger charge is -2.28. The normalized spacial score (nSPS) is 23.6. The van der Waals surface area contributed by atoms with Gasteiger partial charge in [-0.2, -0.15) is 0 Å². The van der Waals surface area contributed by atoms with Gasteiger partial charge in [0, 0.05) is 42.2 Å². The van der Waals surface area contributed by atoms with Crippen LogP contribution in [0.2, 0.25) is 5.02 Å². The number of ether oxygens (including phenoxy) is 1. The van der Waals surface area contributed by atoms with Gasteiger partial charge in [-0.25, -0.2) is 4.98 Å². The number of carbonyl (C=O) groups excluding carboxylic acids is 1. The molecule has 180 valence electrons. The molecule has 6 rings (SSSR count). The fraction of sp³-hybridized carbons (Fsp3) is 0.379. The third kappa shape index (κ3) is 3.82. The number of pyridine rings is 1. The van der Waals surface area contributed by atoms with E-state index in [0.717, 1.165) is 61.2 Å². The third-order valence-corrected chi connectivity index (χ3v) is 8.50. The molecule has 2 fully saturated rings. The van der Waals surface area contributed by atoms with Gasteiger partial charge in [0.15, 0.2) is 0 Å². The van der Waals surface area contributed by atoms with Crippen molar-refractivity contribution in [2.24, 2.45) is 0 Å². The summed E-state index contributed by atoms with van der Waals surface area (Å²) in [4.78, 5) is 19.4. The summed E-state index contributed by atoms with van der Waals surface area (Å²) in [6.45, 7) is 3.99. The molecule has 3 aromatic rings. The number of rotatable bonds is 4. The zero-order valence-corrected chi connectivity index (χ0v) is 21.0. The molecule has 0 unspecified atom stereocenters. The second-order valence-electron chi connectivity index (χ2n) is 10.2. The molecule has 35 heavy (non-hydrogen) atoms. The summed E-state index contributed by atoms with van der Waals surface area (Å²) in [6.07, 6.45) is 4.62. The Hall–Kier alpha value is -2.89. The molecule has 3 aliphatic rings. The van der Waals surface area contributed by atoms with Crippen molar-refractivity contribution >= 4 is 17.5 Å². The molecule has 1 aromatic heterocycles. The van der Waals surface area contributed by atoms with Crippen molar-refractivity contribution < 1.29 is 9.53 Å². The van der Waals surface area contributed by atoms with Crippen LogP contribution in [0.1, 0.15) is 48.4 Å². The van der Waals surface area contributed by atoms with E-state index in [4.69, 9.17) is 21.3 Å². The average Bonchev–Trinajstić information content (AvgIpc) is 3.57. The van der Waals surface area contributed by atoms with E-state index < -0.39 is 0 Å². The number of hydrogen-bond acceptors (Lipinski definition) is 4. The molecule has 0 radical (unpaired) electrons. The zero-order valence-electron chi connectivity index (χ0n) is 20.2. The maximum Gasteiger partial charge on any atom is 0.220 e. The number of halogens is 1. The van der Waals surface area contributed by atoms with Gasteiger partial charge in [-0.3, -0.25) is 9.69 Å². The SMILES string of the molecule is COc1nc(-c2cccc(-c3ccccc3C)c2Cl)cc2c1[C@@H](N1CC[C@]3(CCC(=O)N3)C1)CC2. The molecule has 3 heterocycles. The summed E-state index contributed by atoms with van der Waals surface area (Å²) in [5, 5.41) is 3.96. The maximum absolute atomic E-state index is 11.9. The van der Waals surface area contributed by atoms with E-state index in [9.17, 15) is 4.79 Å². The number of aromatic nitrogens is 1. The lowest BCUT2D eigenvalue weighted by atomic mass is 9.96. The maximum atomic E-state index is 11.9. The van der Waals surface area contributed by atoms with Crippen molar-refractivity contribution in [2.45, 2.75) is 50.6 Å². The summed E-state index contributed by atoms with van der Waals surface area (Å²) >= 11 is 6.99. The van der Waals surface area contributed by atoms with E-state index in [1.807, 2.05) is 24.3 Å². The van der Waals surface area contributed by atoms with E-state index in [0.29, 0.717) is 17.3 Å². The third-order valence-electron chi connectivity index (χ3n) is 8.09. The number of methoxy groups -OCH3 is 1. The molecule has 6 heteroatoms. The minimum Gasteiger partial charge on any atom is -0.481 e. The fourth-order valence-electron chi connectivity index (χ4n) is 6.30. The Morgan fingerprint density at radius 1 is 1.09 bits per heavy atom. The quantitative estimate of drug-likeness (QED) is 0.510. The van der Waals surface area contributed by atoms with E-state index in [1.54, 1.807) is 7.11 Å². The van der Waals surface area contributed by atoms with Crippen LogP contribution in [-0.4, -0.2) is 41.5 Å². The van der Waals surface area contributed by atoms with Crippen molar-refractivity contribution in [3.8, 4) is 28.3 Å². The number of benzene rings is 2. The standard InChI is InChI=1S/C29H30ClN3O2/c1-18-6-3-4-7-20(18)21-8-5-9-22(27(21)30)23-16-19-10-11-24(26(19)28(31-23)35-2)33-15-14-29(17-33)13-12-25(34)32-29/h3-9,16,24H,10-15,17H2,1-2H3,(H,32,34)/t24-,29+/m0/s1. The van der Waals surface area contributed by atoms with Crippen LogP contribution in [0.4, 0.5) is 0 Å². The molecule has 0 bridgehead atoms. The Bertz CT molecular complexity index is 1320. The van der Waals surface area contributed by atoms with E-state index in [-0.39, 0.29) is 17.5 Å². The Kier molecular flexibility index (Phi) is 5.58. The van der Waals surface area contributed by atoms with Crippen LogP contribution in [0.25, 0.3) is 22.4 Å². The monoisotopic (exact) mass is 487 g/mol. The van der Waals surface area contributed by atoms with Gasteiger partial charge >= 0.3 is 0 Å². The summed E-state index contributed by atoms with van der Waals surface area (Å²) in [5.74, 6) is 0.876. The van der Waals surface area contributed by atoms with Crippen LogP contribution in [0.3, 0.4) is 0 Å². The minimum absolute atomic E-state index is 0.0516. The molecule has 5 nitrogen and oxygen atoms in total. The van der Waals surface area contributed by atoms with Crippen molar-refractivity contribution in [2.75, 3.05) is 20.2 Å². The fourth-order valence-corrected chi connectivity index (χ4v) is 6.63. The molecular formula is C29H30ClN3O2. The van der Waals surface area contributed by atoms with Crippen molar-refractivity contribution in [3.63, 3.8) is 0 Å². The van der Waals surface area contributed by atoms with Gasteiger partial charge in [0.05, 0.1) is 23.4 Å². The summed E-state index contributed by atoms with van der Waals surface area (Å²) < 4.78 is 5.87. The van der Waals surface area contributed by atoms with E-state index >= 15 is 0 Å². The van der Waals surface area contributed by atoms with Gasteiger partial charge in [0.1, 0.15) is 0 Å². The molecule has 1 amide bonds. The molecule has 2 saturated heterocycles. The van der Waals surface area contributed by atoms with E-state index in [2.05, 4.69) is 41.4 Å². The van der Waals surface area contributed by atoms with Crippen molar-refractivity contribution in [3.05, 3.63) is 70.2 Å². The van der Waals surface area contributed by atoms with Gasteiger partial charge in [-0.15, -0.1) is 0 Å². The van der Waals surface area contributed by atoms with Crippen LogP contribution < -0.4 is 10.1 Å². The van der Waals surface area contributed by atoms with Crippen LogP contribution in [0.15, 0.2) is 48.5 Å². The van der Waals surface area contributed by atoms with Gasteiger partial charge < -0.3 is 10.1 Å². The summed E-state index contributed by atoms with van der Waals surface area (Å²) in [7, 11) is 1.70. The molecule has 2 aromatic carbocycles. The van der Waals surface area contributed by atoms with E-state index in [1.165, 1.54) is 16.7 Å². The Balaban J connectivity index is 1.35. The lowest BCUT2D eigenvalue weighted by molar-refractivity contribution is -0.119. The van der Waals surface area contributed by atoms with Gasteiger partial charge in [0.25, 0.3) is 0 Å². The lowest BCUT2D eigenvalue weighted by Crippen LogP contribution is -2.44. The largest absolute Gasteiger partial charge is 0.481 e. The zero-order chi connectivity index (χ0) is 24.2. The van der Waals surface area contributed by atoms with Crippen molar-refractivity contribution in [1.82, 2.24) is 15.2 Å². The van der Waals surface area contributed by atoms with Crippen LogP contribution >= 0.6 is 11.6 Å². The molecule has 2 atom stereocenters. The van der Waals surface area contributed by atoms with Crippen molar-refractivity contribution in [1.29, 1.82) is 0 Å². The summed E-state index contributed by atoms with van der Waals surface area (Å²) in [6, 6.07) is 16.9. The predicted octanol–water partition coefficient (Wildman–Crippen LogP) is 5.73. The number of nitrogens with one attached hydrogen (secondary N) is 1. The Morgan fingerprint density at radius 3 is 2.66 bits per heavy atom. The molecule has 1 spiro atoms. The highest BCUT2D eigenvalue weighted by Crippen LogP contribution is 2.46. The number of likely N-dealkylation sites (tertiary alicyclic amines) is 1. The summed E-state index contributed by atoms with van der Waals surface area (Å²) in [5.41, 5.74) is 7.54. The van der Waals surface area contributed by atoms with Gasteiger partial charge in [0.2, 0.25) is 11.8 Å². The highest BCUT2D eigenvalue weighted by molar-refractivity contribution is 6.36. The number of hydrogen-bond donors (Lipinski definition) is 1. The molecule has 1 aliphatic carbocycles. The Morgan fingerprint density at radius 2 is 1.89 bits per heavy atom. The average molecular weight is 488 g/mol. The first-order valence-electron chi connectivity index (χ1n) is 12.5. The molecular weight excluding hydrogens is 458 g/mol. The number of nitrogens with zero attached hydrogens (tertiary/aromatic N) is 2. The molecule has 2 aliphatic heterocycles. The van der Waals surface area contributed by atoms with Crippen LogP contribution in [-0.2, 0) is 11.2 Å². The number of fused-ring (bicyclic) bond motifs is 1. The second-order valence-corrected chi connectivity index (χ2v) is 10.6. The highest BCUT2D eigenvalue weighted by atomic mass is 35.5. The highest BCUT2D eigenvalue weighted by Gasteiger charge is 2.46. The first kappa shape index (κ1) is 22.6. The molecule has 1 N–H and O–H groups in total. The first-order chi connectivity index (χ1) is 17.0. The predicted molar refractivity (Wildman–Crippen MR) is 139 cm³/mol. The number of aryl methyl sites for hydroxylation is 2. The van der Waals surface area contributed by atoms with Gasteiger partial charge in [-0.05, 0) is 55.4 Å². The second kappa shape index (κ2) is 8.65. The first-order valence-corrected chi connectivity index (χ1v) is 12.8.